The maximum Gasteiger partial charge on any atom is 0.472 e. The molecule has 0 aromatic heterocycles. The maximum absolute atomic E-state index is 12.6. The second-order valence-corrected chi connectivity index (χ2v) is 15.7. The Hall–Kier alpha value is -1.25. The fourth-order valence-electron chi connectivity index (χ4n) is 5.98. The van der Waals surface area contributed by atoms with Crippen LogP contribution in [0.25, 0.3) is 0 Å². The van der Waals surface area contributed by atoms with Gasteiger partial charge >= 0.3 is 19.8 Å². The lowest BCUT2D eigenvalue weighted by atomic mass is 10.0. The fraction of sp³-hybridized carbons (Fsp3) is 0.902. The number of unbranched alkanes of at least 4 members (excludes halogenated alkanes) is 25. The highest BCUT2D eigenvalue weighted by Gasteiger charge is 2.26. The molecule has 10 heteroatoms. The molecule has 9 nitrogen and oxygen atoms in total. The molecule has 0 bridgehead atoms. The van der Waals surface area contributed by atoms with E-state index in [4.69, 9.17) is 24.3 Å². The van der Waals surface area contributed by atoms with E-state index < -0.39 is 26.5 Å². The molecule has 3 N–H and O–H groups in total. The topological polar surface area (TPSA) is 134 Å². The third kappa shape index (κ3) is 38.3. The number of hydrogen-bond acceptors (Lipinski definition) is 8. The summed E-state index contributed by atoms with van der Waals surface area (Å²) in [6, 6.07) is 0. The van der Waals surface area contributed by atoms with Gasteiger partial charge in [-0.2, -0.15) is 0 Å². The molecule has 0 aliphatic carbocycles. The van der Waals surface area contributed by atoms with Crippen LogP contribution in [0, 0.1) is 0 Å². The zero-order chi connectivity index (χ0) is 37.5. The van der Waals surface area contributed by atoms with E-state index in [-0.39, 0.29) is 38.6 Å². The Balaban J connectivity index is 4.15. The number of esters is 2. The molecular formula is C41H80NO8P. The molecule has 0 heterocycles. The van der Waals surface area contributed by atoms with Gasteiger partial charge in [-0.15, -0.1) is 0 Å². The SMILES string of the molecule is CCCCCCCCC=CCCCCCCCC(=O)OC(COC(=O)CCCCCCCCCCCCCCCCC)COP(=O)(O)OCCN. The minimum atomic E-state index is -4.37. The first-order valence-corrected chi connectivity index (χ1v) is 22.7. The highest BCUT2D eigenvalue weighted by atomic mass is 31.2. The van der Waals surface area contributed by atoms with Crippen molar-refractivity contribution in [2.75, 3.05) is 26.4 Å². The molecule has 0 saturated carbocycles. The van der Waals surface area contributed by atoms with Crippen LogP contribution in [-0.4, -0.2) is 49.3 Å². The van der Waals surface area contributed by atoms with Crippen molar-refractivity contribution in [3.05, 3.63) is 12.2 Å². The molecule has 0 saturated heterocycles. The second kappa shape index (κ2) is 38.5. The van der Waals surface area contributed by atoms with Gasteiger partial charge in [0.05, 0.1) is 13.2 Å². The normalized spacial score (nSPS) is 13.4. The number of allylic oxidation sites excluding steroid dienone is 2. The van der Waals surface area contributed by atoms with Crippen LogP contribution in [0.1, 0.15) is 206 Å². The summed E-state index contributed by atoms with van der Waals surface area (Å²) >= 11 is 0. The molecule has 0 aliphatic heterocycles. The summed E-state index contributed by atoms with van der Waals surface area (Å²) in [5.74, 6) is -0.829. The third-order valence-electron chi connectivity index (χ3n) is 9.15. The zero-order valence-corrected chi connectivity index (χ0v) is 34.0. The summed E-state index contributed by atoms with van der Waals surface area (Å²) in [6.07, 6.45) is 38.1. The smallest absolute Gasteiger partial charge is 0.462 e. The molecular weight excluding hydrogens is 665 g/mol. The lowest BCUT2D eigenvalue weighted by Gasteiger charge is -2.19. The predicted molar refractivity (Wildman–Crippen MR) is 211 cm³/mol. The number of nitrogens with two attached hydrogens (primary N) is 1. The zero-order valence-electron chi connectivity index (χ0n) is 33.1. The molecule has 0 aromatic rings. The maximum atomic E-state index is 12.6. The van der Waals surface area contributed by atoms with Gasteiger partial charge in [0.15, 0.2) is 6.10 Å². The van der Waals surface area contributed by atoms with Gasteiger partial charge in [0.25, 0.3) is 0 Å². The lowest BCUT2D eigenvalue weighted by molar-refractivity contribution is -0.161. The molecule has 0 spiro atoms. The van der Waals surface area contributed by atoms with E-state index in [0.717, 1.165) is 51.4 Å². The Morgan fingerprint density at radius 1 is 0.569 bits per heavy atom. The van der Waals surface area contributed by atoms with E-state index in [1.807, 2.05) is 0 Å². The van der Waals surface area contributed by atoms with Gasteiger partial charge in [-0.25, -0.2) is 4.57 Å². The van der Waals surface area contributed by atoms with Gasteiger partial charge < -0.3 is 20.1 Å². The monoisotopic (exact) mass is 746 g/mol. The van der Waals surface area contributed by atoms with Crippen molar-refractivity contribution >= 4 is 19.8 Å². The molecule has 2 unspecified atom stereocenters. The van der Waals surface area contributed by atoms with Gasteiger partial charge in [0.2, 0.25) is 0 Å². The van der Waals surface area contributed by atoms with Crippen molar-refractivity contribution in [3.8, 4) is 0 Å². The number of phosphoric acid groups is 1. The predicted octanol–water partition coefficient (Wildman–Crippen LogP) is 11.8. The van der Waals surface area contributed by atoms with Crippen LogP contribution >= 0.6 is 7.82 Å². The first-order valence-electron chi connectivity index (χ1n) is 21.2. The van der Waals surface area contributed by atoms with Gasteiger partial charge in [-0.1, -0.05) is 167 Å². The van der Waals surface area contributed by atoms with Crippen molar-refractivity contribution in [2.45, 2.75) is 213 Å². The van der Waals surface area contributed by atoms with E-state index in [1.165, 1.54) is 122 Å². The van der Waals surface area contributed by atoms with Crippen LogP contribution in [0.4, 0.5) is 0 Å². The summed E-state index contributed by atoms with van der Waals surface area (Å²) in [4.78, 5) is 34.8. The molecule has 0 aliphatic rings. The molecule has 0 aromatic carbocycles. The van der Waals surface area contributed by atoms with Gasteiger partial charge in [0.1, 0.15) is 6.61 Å². The van der Waals surface area contributed by atoms with Crippen molar-refractivity contribution < 1.29 is 37.6 Å². The summed E-state index contributed by atoms with van der Waals surface area (Å²) in [6.45, 7) is 3.74. The highest BCUT2D eigenvalue weighted by Crippen LogP contribution is 2.43. The Morgan fingerprint density at radius 2 is 0.961 bits per heavy atom. The van der Waals surface area contributed by atoms with Crippen LogP contribution in [0.2, 0.25) is 0 Å². The molecule has 0 rings (SSSR count). The number of phosphoric ester groups is 1. The van der Waals surface area contributed by atoms with E-state index in [1.54, 1.807) is 0 Å². The summed E-state index contributed by atoms with van der Waals surface area (Å²) in [5.41, 5.74) is 5.34. The number of ether oxygens (including phenoxy) is 2. The summed E-state index contributed by atoms with van der Waals surface area (Å²) in [5, 5.41) is 0. The van der Waals surface area contributed by atoms with Crippen LogP contribution in [-0.2, 0) is 32.7 Å². The molecule has 302 valence electrons. The Bertz CT molecular complexity index is 856. The number of carbonyl (C=O) groups excluding carboxylic acids is 2. The highest BCUT2D eigenvalue weighted by molar-refractivity contribution is 7.47. The van der Waals surface area contributed by atoms with Crippen molar-refractivity contribution in [1.82, 2.24) is 0 Å². The molecule has 0 fully saturated rings. The van der Waals surface area contributed by atoms with Crippen molar-refractivity contribution in [2.24, 2.45) is 5.73 Å². The Kier molecular flexibility index (Phi) is 37.5. The minimum absolute atomic E-state index is 0.0548. The quantitative estimate of drug-likeness (QED) is 0.0272. The molecule has 51 heavy (non-hydrogen) atoms. The van der Waals surface area contributed by atoms with E-state index in [2.05, 4.69) is 26.0 Å². The largest absolute Gasteiger partial charge is 0.472 e. The van der Waals surface area contributed by atoms with Crippen LogP contribution < -0.4 is 5.73 Å². The second-order valence-electron chi connectivity index (χ2n) is 14.2. The third-order valence-corrected chi connectivity index (χ3v) is 10.1. The Morgan fingerprint density at radius 3 is 1.39 bits per heavy atom. The average molecular weight is 746 g/mol. The van der Waals surface area contributed by atoms with E-state index in [9.17, 15) is 19.0 Å². The summed E-state index contributed by atoms with van der Waals surface area (Å²) in [7, 11) is -4.37. The van der Waals surface area contributed by atoms with Crippen LogP contribution in [0.15, 0.2) is 12.2 Å². The summed E-state index contributed by atoms with van der Waals surface area (Å²) < 4.78 is 32.7. The molecule has 0 radical (unpaired) electrons. The average Bonchev–Trinajstić information content (AvgIpc) is 3.11. The minimum Gasteiger partial charge on any atom is -0.462 e. The first kappa shape index (κ1) is 49.8. The van der Waals surface area contributed by atoms with Crippen molar-refractivity contribution in [3.63, 3.8) is 0 Å². The van der Waals surface area contributed by atoms with E-state index >= 15 is 0 Å². The standard InChI is InChI=1S/C41H80NO8P/c1-3-5-7-9-11-13-15-17-19-21-23-25-27-29-31-33-40(43)47-37-39(38-49-51(45,46)48-36-35-42)50-41(44)34-32-30-28-26-24-22-20-18-16-14-12-10-8-6-4-2/h18,20,39H,3-17,19,21-38,42H2,1-2H3,(H,45,46). The number of hydrogen-bond donors (Lipinski definition) is 2. The van der Waals surface area contributed by atoms with Gasteiger partial charge in [-0.3, -0.25) is 18.6 Å². The van der Waals surface area contributed by atoms with Crippen LogP contribution in [0.5, 0.6) is 0 Å². The Labute approximate surface area is 313 Å². The lowest BCUT2D eigenvalue weighted by Crippen LogP contribution is -2.29. The van der Waals surface area contributed by atoms with E-state index in [0.29, 0.717) is 6.42 Å². The van der Waals surface area contributed by atoms with Crippen LogP contribution in [0.3, 0.4) is 0 Å². The molecule has 0 amide bonds. The fourth-order valence-corrected chi connectivity index (χ4v) is 6.75. The van der Waals surface area contributed by atoms with Gasteiger partial charge in [-0.05, 0) is 38.5 Å². The number of rotatable bonds is 40. The first-order chi connectivity index (χ1) is 24.8. The van der Waals surface area contributed by atoms with Gasteiger partial charge in [0, 0.05) is 19.4 Å². The number of carbonyl (C=O) groups is 2. The van der Waals surface area contributed by atoms with Crippen molar-refractivity contribution in [1.29, 1.82) is 0 Å². The molecule has 2 atom stereocenters.